The summed E-state index contributed by atoms with van der Waals surface area (Å²) in [4.78, 5) is 4.79. The summed E-state index contributed by atoms with van der Waals surface area (Å²) in [5.41, 5.74) is 3.32. The molecule has 0 saturated heterocycles. The molecule has 0 radical (unpaired) electrons. The first-order valence-corrected chi connectivity index (χ1v) is 8.18. The minimum atomic E-state index is 0.560. The summed E-state index contributed by atoms with van der Waals surface area (Å²) in [5, 5.41) is 1.18. The van der Waals surface area contributed by atoms with Gasteiger partial charge in [-0.3, -0.25) is 0 Å². The molecule has 0 fully saturated rings. The van der Waals surface area contributed by atoms with Crippen LogP contribution in [-0.4, -0.2) is 9.55 Å². The lowest BCUT2D eigenvalue weighted by Crippen LogP contribution is -2.08. The van der Waals surface area contributed by atoms with Gasteiger partial charge in [0.1, 0.15) is 5.82 Å². The first kappa shape index (κ1) is 15.4. The van der Waals surface area contributed by atoms with Gasteiger partial charge in [0.15, 0.2) is 0 Å². The molecular formula is C18H18Cl2N2. The Kier molecular flexibility index (Phi) is 4.42. The number of hydrogen-bond donors (Lipinski definition) is 0. The number of rotatable bonds is 4. The molecule has 2 aromatic carbocycles. The highest BCUT2D eigenvalue weighted by Gasteiger charge is 2.12. The van der Waals surface area contributed by atoms with Crippen LogP contribution in [0.25, 0.3) is 11.0 Å². The summed E-state index contributed by atoms with van der Waals surface area (Å²) in [6.07, 6.45) is 0.954. The quantitative estimate of drug-likeness (QED) is 0.608. The van der Waals surface area contributed by atoms with Gasteiger partial charge in [0.05, 0.1) is 21.1 Å². The molecule has 0 unspecified atom stereocenters. The Bertz CT molecular complexity index is 806. The van der Waals surface area contributed by atoms with E-state index in [0.717, 1.165) is 35.4 Å². The molecule has 0 saturated carbocycles. The number of imidazole rings is 1. The van der Waals surface area contributed by atoms with Gasteiger partial charge in [-0.05, 0) is 35.7 Å². The van der Waals surface area contributed by atoms with Gasteiger partial charge in [-0.15, -0.1) is 0 Å². The van der Waals surface area contributed by atoms with E-state index in [0.29, 0.717) is 16.0 Å². The lowest BCUT2D eigenvalue weighted by atomic mass is 10.1. The third-order valence-electron chi connectivity index (χ3n) is 3.65. The molecule has 0 aliphatic rings. The zero-order chi connectivity index (χ0) is 15.7. The van der Waals surface area contributed by atoms with E-state index in [-0.39, 0.29) is 0 Å². The monoisotopic (exact) mass is 332 g/mol. The van der Waals surface area contributed by atoms with Crippen LogP contribution in [0.4, 0.5) is 0 Å². The van der Waals surface area contributed by atoms with E-state index in [4.69, 9.17) is 28.2 Å². The van der Waals surface area contributed by atoms with Crippen molar-refractivity contribution < 1.29 is 0 Å². The largest absolute Gasteiger partial charge is 0.323 e. The molecule has 114 valence electrons. The summed E-state index contributed by atoms with van der Waals surface area (Å²) >= 11 is 12.1. The molecule has 3 aromatic rings. The summed E-state index contributed by atoms with van der Waals surface area (Å²) in [5.74, 6) is 1.67. The molecule has 3 rings (SSSR count). The van der Waals surface area contributed by atoms with E-state index in [1.807, 2.05) is 24.3 Å². The molecule has 0 aliphatic carbocycles. The van der Waals surface area contributed by atoms with E-state index in [9.17, 15) is 0 Å². The summed E-state index contributed by atoms with van der Waals surface area (Å²) in [6, 6.07) is 14.0. The number of aromatic nitrogens is 2. The fourth-order valence-electron chi connectivity index (χ4n) is 2.64. The number of benzene rings is 2. The van der Waals surface area contributed by atoms with E-state index in [1.54, 1.807) is 0 Å². The molecule has 0 bridgehead atoms. The number of halogens is 2. The maximum absolute atomic E-state index is 6.14. The molecule has 4 heteroatoms. The Morgan fingerprint density at radius 3 is 2.55 bits per heavy atom. The summed E-state index contributed by atoms with van der Waals surface area (Å²) < 4.78 is 2.27. The van der Waals surface area contributed by atoms with E-state index in [1.165, 1.54) is 0 Å². The van der Waals surface area contributed by atoms with Gasteiger partial charge in [-0.2, -0.15) is 0 Å². The lowest BCUT2D eigenvalue weighted by molar-refractivity contribution is 0.595. The Morgan fingerprint density at radius 1 is 1.05 bits per heavy atom. The van der Waals surface area contributed by atoms with Crippen molar-refractivity contribution in [3.8, 4) is 0 Å². The van der Waals surface area contributed by atoms with Crippen molar-refractivity contribution in [2.75, 3.05) is 0 Å². The zero-order valence-corrected chi connectivity index (χ0v) is 14.2. The summed E-state index contributed by atoms with van der Waals surface area (Å²) in [7, 11) is 0. The van der Waals surface area contributed by atoms with Gasteiger partial charge in [-0.1, -0.05) is 55.2 Å². The highest BCUT2D eigenvalue weighted by Crippen LogP contribution is 2.25. The standard InChI is InChI=1S/C18H18Cl2N2/c1-12(2)9-18-21-16-5-3-4-6-17(16)22(18)11-13-7-8-14(19)15(20)10-13/h3-8,10,12H,9,11H2,1-2H3. The fraction of sp³-hybridized carbons (Fsp3) is 0.278. The first-order valence-electron chi connectivity index (χ1n) is 7.42. The van der Waals surface area contributed by atoms with Crippen LogP contribution in [0, 0.1) is 5.92 Å². The number of hydrogen-bond acceptors (Lipinski definition) is 1. The number of fused-ring (bicyclic) bond motifs is 1. The van der Waals surface area contributed by atoms with Crippen LogP contribution in [-0.2, 0) is 13.0 Å². The minimum absolute atomic E-state index is 0.560. The van der Waals surface area contributed by atoms with Crippen molar-refractivity contribution in [3.05, 3.63) is 63.9 Å². The molecule has 0 amide bonds. The second kappa shape index (κ2) is 6.31. The van der Waals surface area contributed by atoms with Gasteiger partial charge in [0.2, 0.25) is 0 Å². The average molecular weight is 333 g/mol. The molecule has 0 atom stereocenters. The molecule has 0 spiro atoms. The third kappa shape index (κ3) is 3.13. The van der Waals surface area contributed by atoms with Crippen molar-refractivity contribution in [2.45, 2.75) is 26.8 Å². The van der Waals surface area contributed by atoms with Crippen LogP contribution in [0.3, 0.4) is 0 Å². The second-order valence-electron chi connectivity index (χ2n) is 5.95. The van der Waals surface area contributed by atoms with Crippen LogP contribution in [0.15, 0.2) is 42.5 Å². The molecular weight excluding hydrogens is 315 g/mol. The number of nitrogens with zero attached hydrogens (tertiary/aromatic N) is 2. The van der Waals surface area contributed by atoms with Crippen molar-refractivity contribution >= 4 is 34.2 Å². The van der Waals surface area contributed by atoms with Crippen LogP contribution >= 0.6 is 23.2 Å². The van der Waals surface area contributed by atoms with Crippen LogP contribution in [0.2, 0.25) is 10.0 Å². The lowest BCUT2D eigenvalue weighted by Gasteiger charge is -2.11. The Morgan fingerprint density at radius 2 is 1.82 bits per heavy atom. The van der Waals surface area contributed by atoms with Crippen molar-refractivity contribution in [3.63, 3.8) is 0 Å². The van der Waals surface area contributed by atoms with Gasteiger partial charge < -0.3 is 4.57 Å². The first-order chi connectivity index (χ1) is 10.5. The minimum Gasteiger partial charge on any atom is -0.323 e. The molecule has 1 aromatic heterocycles. The van der Waals surface area contributed by atoms with Gasteiger partial charge in [-0.25, -0.2) is 4.98 Å². The maximum atomic E-state index is 6.14. The Balaban J connectivity index is 2.05. The molecule has 0 N–H and O–H groups in total. The Hall–Kier alpha value is -1.51. The predicted octanol–water partition coefficient (Wildman–Crippen LogP) is 5.59. The van der Waals surface area contributed by atoms with Crippen LogP contribution < -0.4 is 0 Å². The molecule has 0 aliphatic heterocycles. The van der Waals surface area contributed by atoms with Crippen LogP contribution in [0.1, 0.15) is 25.2 Å². The van der Waals surface area contributed by atoms with Gasteiger partial charge >= 0.3 is 0 Å². The highest BCUT2D eigenvalue weighted by atomic mass is 35.5. The second-order valence-corrected chi connectivity index (χ2v) is 6.76. The van der Waals surface area contributed by atoms with Gasteiger partial charge in [0, 0.05) is 13.0 Å². The van der Waals surface area contributed by atoms with E-state index in [2.05, 4.69) is 36.6 Å². The maximum Gasteiger partial charge on any atom is 0.110 e. The molecule has 2 nitrogen and oxygen atoms in total. The SMILES string of the molecule is CC(C)Cc1nc2ccccc2n1Cc1ccc(Cl)c(Cl)c1. The van der Waals surface area contributed by atoms with E-state index < -0.39 is 0 Å². The topological polar surface area (TPSA) is 17.8 Å². The fourth-order valence-corrected chi connectivity index (χ4v) is 2.96. The average Bonchev–Trinajstić information content (AvgIpc) is 2.80. The van der Waals surface area contributed by atoms with E-state index >= 15 is 0 Å². The third-order valence-corrected chi connectivity index (χ3v) is 4.39. The normalized spacial score (nSPS) is 11.5. The molecule has 22 heavy (non-hydrogen) atoms. The zero-order valence-electron chi connectivity index (χ0n) is 12.7. The van der Waals surface area contributed by atoms with Crippen molar-refractivity contribution in [1.82, 2.24) is 9.55 Å². The van der Waals surface area contributed by atoms with Crippen molar-refractivity contribution in [1.29, 1.82) is 0 Å². The molecule has 1 heterocycles. The predicted molar refractivity (Wildman–Crippen MR) is 93.8 cm³/mol. The summed E-state index contributed by atoms with van der Waals surface area (Å²) in [6.45, 7) is 5.17. The van der Waals surface area contributed by atoms with Crippen molar-refractivity contribution in [2.24, 2.45) is 5.92 Å². The smallest absolute Gasteiger partial charge is 0.110 e. The number of para-hydroxylation sites is 2. The Labute approximate surface area is 140 Å². The highest BCUT2D eigenvalue weighted by molar-refractivity contribution is 6.42. The van der Waals surface area contributed by atoms with Gasteiger partial charge in [0.25, 0.3) is 0 Å². The van der Waals surface area contributed by atoms with Crippen LogP contribution in [0.5, 0.6) is 0 Å².